The van der Waals surface area contributed by atoms with Crippen LogP contribution in [0.15, 0.2) is 18.5 Å². The Kier molecular flexibility index (Phi) is 5.50. The standard InChI is InChI=1S/C16H20ClN5O3/c1-3-21(9-11-5-4-6-25-11)16(23)12-7-13(17)14(8-15(12)24-2)22-10-18-19-20-22/h7-8,10-11H,3-6,9H2,1-2H3. The van der Waals surface area contributed by atoms with E-state index < -0.39 is 0 Å². The zero-order valence-corrected chi connectivity index (χ0v) is 14.9. The van der Waals surface area contributed by atoms with Gasteiger partial charge < -0.3 is 14.4 Å². The number of aromatic nitrogens is 4. The lowest BCUT2D eigenvalue weighted by molar-refractivity contribution is 0.0537. The van der Waals surface area contributed by atoms with Gasteiger partial charge in [-0.3, -0.25) is 4.79 Å². The minimum absolute atomic E-state index is 0.0888. The van der Waals surface area contributed by atoms with Gasteiger partial charge in [0.2, 0.25) is 0 Å². The summed E-state index contributed by atoms with van der Waals surface area (Å²) >= 11 is 6.34. The van der Waals surface area contributed by atoms with Crippen LogP contribution in [0.1, 0.15) is 30.1 Å². The number of nitrogens with zero attached hydrogens (tertiary/aromatic N) is 5. The summed E-state index contributed by atoms with van der Waals surface area (Å²) < 4.78 is 12.5. The summed E-state index contributed by atoms with van der Waals surface area (Å²) in [5, 5.41) is 11.4. The van der Waals surface area contributed by atoms with Gasteiger partial charge >= 0.3 is 0 Å². The largest absolute Gasteiger partial charge is 0.496 e. The van der Waals surface area contributed by atoms with Crippen LogP contribution in [0.5, 0.6) is 5.75 Å². The lowest BCUT2D eigenvalue weighted by atomic mass is 10.1. The molecule has 0 N–H and O–H groups in total. The molecule has 1 aromatic carbocycles. The van der Waals surface area contributed by atoms with E-state index in [0.717, 1.165) is 19.4 Å². The topological polar surface area (TPSA) is 82.4 Å². The van der Waals surface area contributed by atoms with Crippen molar-refractivity contribution in [1.82, 2.24) is 25.1 Å². The maximum Gasteiger partial charge on any atom is 0.257 e. The van der Waals surface area contributed by atoms with Crippen LogP contribution < -0.4 is 4.74 Å². The van der Waals surface area contributed by atoms with E-state index in [-0.39, 0.29) is 12.0 Å². The van der Waals surface area contributed by atoms with Gasteiger partial charge in [0.25, 0.3) is 5.91 Å². The maximum atomic E-state index is 13.0. The second kappa shape index (κ2) is 7.79. The van der Waals surface area contributed by atoms with Gasteiger partial charge in [0.1, 0.15) is 12.1 Å². The summed E-state index contributed by atoms with van der Waals surface area (Å²) in [5.74, 6) is 0.283. The molecule has 134 valence electrons. The molecule has 1 aliphatic rings. The fourth-order valence-electron chi connectivity index (χ4n) is 2.89. The molecule has 25 heavy (non-hydrogen) atoms. The van der Waals surface area contributed by atoms with Crippen molar-refractivity contribution in [2.75, 3.05) is 26.8 Å². The van der Waals surface area contributed by atoms with Gasteiger partial charge in [-0.25, -0.2) is 0 Å². The molecule has 1 saturated heterocycles. The Morgan fingerprint density at radius 1 is 1.52 bits per heavy atom. The smallest absolute Gasteiger partial charge is 0.257 e. The number of hydrogen-bond donors (Lipinski definition) is 0. The normalized spacial score (nSPS) is 16.8. The van der Waals surface area contributed by atoms with E-state index in [9.17, 15) is 4.79 Å². The van der Waals surface area contributed by atoms with Crippen molar-refractivity contribution < 1.29 is 14.3 Å². The van der Waals surface area contributed by atoms with Crippen LogP contribution in [0, 0.1) is 0 Å². The van der Waals surface area contributed by atoms with Gasteiger partial charge in [0, 0.05) is 25.8 Å². The monoisotopic (exact) mass is 365 g/mol. The van der Waals surface area contributed by atoms with Crippen LogP contribution >= 0.6 is 11.6 Å². The first-order chi connectivity index (χ1) is 12.1. The summed E-state index contributed by atoms with van der Waals surface area (Å²) in [6.45, 7) is 3.83. The average molecular weight is 366 g/mol. The molecule has 1 amide bonds. The van der Waals surface area contributed by atoms with Crippen molar-refractivity contribution in [1.29, 1.82) is 0 Å². The third kappa shape index (κ3) is 3.74. The van der Waals surface area contributed by atoms with Crippen molar-refractivity contribution in [2.24, 2.45) is 0 Å². The highest BCUT2D eigenvalue weighted by Crippen LogP contribution is 2.30. The van der Waals surface area contributed by atoms with Crippen LogP contribution in [0.2, 0.25) is 5.02 Å². The number of methoxy groups -OCH3 is 1. The lowest BCUT2D eigenvalue weighted by Gasteiger charge is -2.25. The Morgan fingerprint density at radius 3 is 2.96 bits per heavy atom. The zero-order chi connectivity index (χ0) is 17.8. The number of tetrazole rings is 1. The summed E-state index contributed by atoms with van der Waals surface area (Å²) in [7, 11) is 1.51. The molecule has 0 spiro atoms. The lowest BCUT2D eigenvalue weighted by Crippen LogP contribution is -2.37. The van der Waals surface area contributed by atoms with Crippen molar-refractivity contribution in [3.63, 3.8) is 0 Å². The number of carbonyl (C=O) groups excluding carboxylic acids is 1. The van der Waals surface area contributed by atoms with Crippen molar-refractivity contribution >= 4 is 17.5 Å². The molecule has 1 fully saturated rings. The van der Waals surface area contributed by atoms with Crippen molar-refractivity contribution in [2.45, 2.75) is 25.9 Å². The predicted molar refractivity (Wildman–Crippen MR) is 91.3 cm³/mol. The molecule has 3 rings (SSSR count). The Morgan fingerprint density at radius 2 is 2.36 bits per heavy atom. The van der Waals surface area contributed by atoms with Crippen LogP contribution in [0.25, 0.3) is 5.69 Å². The van der Waals surface area contributed by atoms with Gasteiger partial charge in [0.05, 0.1) is 29.5 Å². The first kappa shape index (κ1) is 17.6. The van der Waals surface area contributed by atoms with Crippen molar-refractivity contribution in [3.05, 3.63) is 29.0 Å². The number of likely N-dealkylation sites (N-methyl/N-ethyl adjacent to an activating group) is 1. The number of amides is 1. The summed E-state index contributed by atoms with van der Waals surface area (Å²) in [4.78, 5) is 14.7. The molecule has 9 heteroatoms. The van der Waals surface area contributed by atoms with Gasteiger partial charge in [-0.1, -0.05) is 11.6 Å². The molecule has 1 aromatic heterocycles. The molecular formula is C16H20ClN5O3. The van der Waals surface area contributed by atoms with E-state index in [1.165, 1.54) is 18.1 Å². The number of ether oxygens (including phenoxy) is 2. The molecule has 8 nitrogen and oxygen atoms in total. The fourth-order valence-corrected chi connectivity index (χ4v) is 3.14. The van der Waals surface area contributed by atoms with Gasteiger partial charge in [-0.2, -0.15) is 4.68 Å². The summed E-state index contributed by atoms with van der Waals surface area (Å²) in [6.07, 6.45) is 3.52. The summed E-state index contributed by atoms with van der Waals surface area (Å²) in [6, 6.07) is 3.25. The molecule has 1 aliphatic heterocycles. The second-order valence-electron chi connectivity index (χ2n) is 5.74. The molecule has 0 bridgehead atoms. The molecule has 0 radical (unpaired) electrons. The average Bonchev–Trinajstić information content (AvgIpc) is 3.32. The maximum absolute atomic E-state index is 13.0. The highest BCUT2D eigenvalue weighted by Gasteiger charge is 2.25. The van der Waals surface area contributed by atoms with E-state index in [2.05, 4.69) is 15.5 Å². The first-order valence-corrected chi connectivity index (χ1v) is 8.53. The van der Waals surface area contributed by atoms with Crippen molar-refractivity contribution in [3.8, 4) is 11.4 Å². The Labute approximate surface area is 150 Å². The van der Waals surface area contributed by atoms with Crippen LogP contribution in [-0.4, -0.2) is 63.9 Å². The third-order valence-corrected chi connectivity index (χ3v) is 4.51. The van der Waals surface area contributed by atoms with Gasteiger partial charge in [-0.05, 0) is 36.3 Å². The van der Waals surface area contributed by atoms with E-state index in [1.54, 1.807) is 17.0 Å². The molecule has 2 heterocycles. The van der Waals surface area contributed by atoms with Crippen LogP contribution in [0.4, 0.5) is 0 Å². The molecule has 2 aromatic rings. The molecule has 1 atom stereocenters. The highest BCUT2D eigenvalue weighted by atomic mass is 35.5. The minimum Gasteiger partial charge on any atom is -0.496 e. The number of benzene rings is 1. The van der Waals surface area contributed by atoms with Gasteiger partial charge in [0.15, 0.2) is 0 Å². The Bertz CT molecular complexity index is 732. The predicted octanol–water partition coefficient (Wildman–Crippen LogP) is 1.97. The van der Waals surface area contributed by atoms with Gasteiger partial charge in [-0.15, -0.1) is 5.10 Å². The highest BCUT2D eigenvalue weighted by molar-refractivity contribution is 6.33. The molecule has 1 unspecified atom stereocenters. The molecule has 0 aliphatic carbocycles. The Balaban J connectivity index is 1.89. The fraction of sp³-hybridized carbons (Fsp3) is 0.500. The zero-order valence-electron chi connectivity index (χ0n) is 14.2. The number of carbonyl (C=O) groups is 1. The van der Waals surface area contributed by atoms with E-state index in [0.29, 0.717) is 35.1 Å². The van der Waals surface area contributed by atoms with E-state index in [1.807, 2.05) is 6.92 Å². The van der Waals surface area contributed by atoms with E-state index in [4.69, 9.17) is 21.1 Å². The Hall–Kier alpha value is -2.19. The first-order valence-electron chi connectivity index (χ1n) is 8.15. The molecular weight excluding hydrogens is 346 g/mol. The van der Waals surface area contributed by atoms with Crippen LogP contribution in [-0.2, 0) is 4.74 Å². The number of halogens is 1. The number of hydrogen-bond acceptors (Lipinski definition) is 6. The summed E-state index contributed by atoms with van der Waals surface area (Å²) in [5.41, 5.74) is 0.950. The quantitative estimate of drug-likeness (QED) is 0.778. The third-order valence-electron chi connectivity index (χ3n) is 4.21. The van der Waals surface area contributed by atoms with E-state index >= 15 is 0 Å². The SMILES string of the molecule is CCN(CC1CCCO1)C(=O)c1cc(Cl)c(-n2cnnn2)cc1OC. The van der Waals surface area contributed by atoms with Crippen LogP contribution in [0.3, 0.4) is 0 Å². The minimum atomic E-state index is -0.139. The molecule has 0 saturated carbocycles. The number of rotatable bonds is 6. The second-order valence-corrected chi connectivity index (χ2v) is 6.14.